The fourth-order valence-electron chi connectivity index (χ4n) is 2.26. The molecule has 0 aromatic heterocycles. The van der Waals surface area contributed by atoms with Crippen LogP contribution in [0.2, 0.25) is 0 Å². The summed E-state index contributed by atoms with van der Waals surface area (Å²) in [4.78, 5) is 16.2. The molecule has 0 amide bonds. The number of carbonyl (C=O) groups excluding carboxylic acids is 1. The van der Waals surface area contributed by atoms with Gasteiger partial charge in [0.15, 0.2) is 5.70 Å². The van der Waals surface area contributed by atoms with Gasteiger partial charge in [-0.3, -0.25) is 0 Å². The van der Waals surface area contributed by atoms with Gasteiger partial charge in [0, 0.05) is 5.56 Å². The van der Waals surface area contributed by atoms with Gasteiger partial charge >= 0.3 is 5.97 Å². The molecule has 0 aliphatic carbocycles. The molecular formula is C19H16FNO2. The highest BCUT2D eigenvalue weighted by Crippen LogP contribution is 2.21. The van der Waals surface area contributed by atoms with E-state index < -0.39 is 5.97 Å². The number of nitrogens with zero attached hydrogens (tertiary/aromatic N) is 1. The number of cyclic esters (lactones) is 1. The molecule has 0 atom stereocenters. The molecule has 2 aromatic carbocycles. The van der Waals surface area contributed by atoms with Crippen molar-refractivity contribution < 1.29 is 13.9 Å². The summed E-state index contributed by atoms with van der Waals surface area (Å²) in [7, 11) is 0. The third-order valence-electron chi connectivity index (χ3n) is 3.62. The molecule has 23 heavy (non-hydrogen) atoms. The second-order valence-electron chi connectivity index (χ2n) is 5.66. The van der Waals surface area contributed by atoms with Crippen LogP contribution in [0.5, 0.6) is 0 Å². The van der Waals surface area contributed by atoms with Crippen molar-refractivity contribution in [3.8, 4) is 0 Å². The van der Waals surface area contributed by atoms with Gasteiger partial charge in [0.1, 0.15) is 5.82 Å². The number of aliphatic imine (C=N–C) groups is 1. The molecule has 0 unspecified atom stereocenters. The van der Waals surface area contributed by atoms with Gasteiger partial charge in [-0.05, 0) is 47.4 Å². The summed E-state index contributed by atoms with van der Waals surface area (Å²) in [6.45, 7) is 4.23. The summed E-state index contributed by atoms with van der Waals surface area (Å²) in [6, 6.07) is 13.6. The van der Waals surface area contributed by atoms with E-state index in [-0.39, 0.29) is 11.5 Å². The first-order valence-corrected chi connectivity index (χ1v) is 7.41. The molecule has 3 rings (SSSR count). The van der Waals surface area contributed by atoms with Crippen LogP contribution in [-0.2, 0) is 9.53 Å². The summed E-state index contributed by atoms with van der Waals surface area (Å²) in [5.74, 6) is -0.0995. The Morgan fingerprint density at radius 3 is 2.30 bits per heavy atom. The lowest BCUT2D eigenvalue weighted by molar-refractivity contribution is -0.129. The lowest BCUT2D eigenvalue weighted by Crippen LogP contribution is -2.05. The second-order valence-corrected chi connectivity index (χ2v) is 5.66. The highest BCUT2D eigenvalue weighted by atomic mass is 19.1. The normalized spacial score (nSPS) is 15.9. The zero-order chi connectivity index (χ0) is 16.4. The highest BCUT2D eigenvalue weighted by molar-refractivity contribution is 6.12. The lowest BCUT2D eigenvalue weighted by Gasteiger charge is -2.05. The van der Waals surface area contributed by atoms with Crippen LogP contribution >= 0.6 is 0 Å². The minimum absolute atomic E-state index is 0.208. The lowest BCUT2D eigenvalue weighted by atomic mass is 10.0. The molecule has 0 spiro atoms. The fraction of sp³-hybridized carbons (Fsp3) is 0.158. The second kappa shape index (κ2) is 6.16. The minimum Gasteiger partial charge on any atom is -0.402 e. The van der Waals surface area contributed by atoms with E-state index in [1.165, 1.54) is 17.7 Å². The van der Waals surface area contributed by atoms with Crippen LogP contribution < -0.4 is 0 Å². The van der Waals surface area contributed by atoms with Crippen molar-refractivity contribution in [1.82, 2.24) is 0 Å². The molecule has 1 aliphatic heterocycles. The Hall–Kier alpha value is -2.75. The number of rotatable bonds is 3. The molecule has 0 fully saturated rings. The number of esters is 1. The van der Waals surface area contributed by atoms with Crippen molar-refractivity contribution >= 4 is 17.9 Å². The van der Waals surface area contributed by atoms with Crippen molar-refractivity contribution in [2.75, 3.05) is 0 Å². The average Bonchev–Trinajstić information content (AvgIpc) is 2.91. The Balaban J connectivity index is 1.87. The van der Waals surface area contributed by atoms with Gasteiger partial charge in [0.25, 0.3) is 0 Å². The highest BCUT2D eigenvalue weighted by Gasteiger charge is 2.24. The molecule has 116 valence electrons. The third-order valence-corrected chi connectivity index (χ3v) is 3.62. The van der Waals surface area contributed by atoms with Crippen LogP contribution in [0.1, 0.15) is 36.5 Å². The first kappa shape index (κ1) is 15.2. The van der Waals surface area contributed by atoms with Crippen LogP contribution in [0.4, 0.5) is 4.39 Å². The zero-order valence-electron chi connectivity index (χ0n) is 12.9. The van der Waals surface area contributed by atoms with Gasteiger partial charge in [-0.1, -0.05) is 38.1 Å². The molecule has 0 saturated heterocycles. The van der Waals surface area contributed by atoms with Gasteiger partial charge in [-0.25, -0.2) is 14.2 Å². The molecule has 1 heterocycles. The molecule has 4 heteroatoms. The Kier molecular flexibility index (Phi) is 4.06. The number of benzene rings is 2. The van der Waals surface area contributed by atoms with Crippen molar-refractivity contribution in [3.63, 3.8) is 0 Å². The maximum absolute atomic E-state index is 12.9. The number of hydrogen-bond acceptors (Lipinski definition) is 3. The predicted molar refractivity (Wildman–Crippen MR) is 87.5 cm³/mol. The maximum Gasteiger partial charge on any atom is 0.363 e. The van der Waals surface area contributed by atoms with Crippen LogP contribution in [0.25, 0.3) is 6.08 Å². The third kappa shape index (κ3) is 3.37. The van der Waals surface area contributed by atoms with Crippen molar-refractivity contribution in [3.05, 3.63) is 76.7 Å². The summed E-state index contributed by atoms with van der Waals surface area (Å²) < 4.78 is 18.1. The van der Waals surface area contributed by atoms with E-state index in [1.54, 1.807) is 18.2 Å². The van der Waals surface area contributed by atoms with Crippen LogP contribution in [0.3, 0.4) is 0 Å². The molecular weight excluding hydrogens is 293 g/mol. The molecule has 3 nitrogen and oxygen atoms in total. The van der Waals surface area contributed by atoms with E-state index in [0.717, 1.165) is 5.56 Å². The van der Waals surface area contributed by atoms with Gasteiger partial charge in [-0.2, -0.15) is 0 Å². The Morgan fingerprint density at radius 1 is 1.04 bits per heavy atom. The smallest absolute Gasteiger partial charge is 0.363 e. The SMILES string of the molecule is CC(C)c1ccc(C2=N/C(=C\c3ccc(F)cc3)C(=O)O2)cc1. The van der Waals surface area contributed by atoms with Gasteiger partial charge in [0.05, 0.1) is 0 Å². The van der Waals surface area contributed by atoms with Crippen LogP contribution in [-0.4, -0.2) is 11.9 Å². The van der Waals surface area contributed by atoms with E-state index in [4.69, 9.17) is 4.74 Å². The predicted octanol–water partition coefficient (Wildman–Crippen LogP) is 4.29. The number of carbonyl (C=O) groups is 1. The van der Waals surface area contributed by atoms with Gasteiger partial charge in [-0.15, -0.1) is 0 Å². The largest absolute Gasteiger partial charge is 0.402 e. The maximum atomic E-state index is 12.9. The van der Waals surface area contributed by atoms with E-state index >= 15 is 0 Å². The molecule has 1 aliphatic rings. The van der Waals surface area contributed by atoms with Crippen LogP contribution in [0.15, 0.2) is 59.2 Å². The fourth-order valence-corrected chi connectivity index (χ4v) is 2.26. The zero-order valence-corrected chi connectivity index (χ0v) is 12.9. The minimum atomic E-state index is -0.503. The number of hydrogen-bond donors (Lipinski definition) is 0. The first-order valence-electron chi connectivity index (χ1n) is 7.41. The van der Waals surface area contributed by atoms with Crippen molar-refractivity contribution in [2.24, 2.45) is 4.99 Å². The Morgan fingerprint density at radius 2 is 1.70 bits per heavy atom. The summed E-state index contributed by atoms with van der Waals surface area (Å²) in [5.41, 5.74) is 2.86. The average molecular weight is 309 g/mol. The molecule has 0 N–H and O–H groups in total. The van der Waals surface area contributed by atoms with Crippen molar-refractivity contribution in [2.45, 2.75) is 19.8 Å². The molecule has 0 bridgehead atoms. The Labute approximate surface area is 134 Å². The van der Waals surface area contributed by atoms with Crippen molar-refractivity contribution in [1.29, 1.82) is 0 Å². The van der Waals surface area contributed by atoms with Gasteiger partial charge in [0.2, 0.25) is 5.90 Å². The first-order chi connectivity index (χ1) is 11.0. The summed E-state index contributed by atoms with van der Waals surface area (Å²) in [6.07, 6.45) is 1.58. The van der Waals surface area contributed by atoms with Crippen LogP contribution in [0, 0.1) is 5.82 Å². The molecule has 2 aromatic rings. The standard InChI is InChI=1S/C19H16FNO2/c1-12(2)14-5-7-15(8-6-14)18-21-17(19(22)23-18)11-13-3-9-16(20)10-4-13/h3-12H,1-2H3/b17-11-. The summed E-state index contributed by atoms with van der Waals surface area (Å²) in [5, 5.41) is 0. The molecule has 0 saturated carbocycles. The summed E-state index contributed by atoms with van der Waals surface area (Å²) >= 11 is 0. The topological polar surface area (TPSA) is 38.7 Å². The monoisotopic (exact) mass is 309 g/mol. The Bertz CT molecular complexity index is 787. The van der Waals surface area contributed by atoms with E-state index in [1.807, 2.05) is 24.3 Å². The van der Waals surface area contributed by atoms with E-state index in [2.05, 4.69) is 18.8 Å². The van der Waals surface area contributed by atoms with E-state index in [0.29, 0.717) is 17.4 Å². The number of halogens is 1. The van der Waals surface area contributed by atoms with E-state index in [9.17, 15) is 9.18 Å². The van der Waals surface area contributed by atoms with Gasteiger partial charge < -0.3 is 4.74 Å². The quantitative estimate of drug-likeness (QED) is 0.626. The number of ether oxygens (including phenoxy) is 1. The molecule has 0 radical (unpaired) electrons.